The number of amides is 1. The molecule has 0 aliphatic heterocycles. The highest BCUT2D eigenvalue weighted by atomic mass is 35.5. The lowest BCUT2D eigenvalue weighted by Crippen LogP contribution is -2.34. The zero-order valence-electron chi connectivity index (χ0n) is 11.9. The van der Waals surface area contributed by atoms with E-state index in [9.17, 15) is 14.9 Å². The number of rotatable bonds is 7. The van der Waals surface area contributed by atoms with Crippen molar-refractivity contribution >= 4 is 23.2 Å². The lowest BCUT2D eigenvalue weighted by atomic mass is 9.99. The van der Waals surface area contributed by atoms with E-state index in [-0.39, 0.29) is 22.7 Å². The van der Waals surface area contributed by atoms with Crippen LogP contribution in [0, 0.1) is 16.0 Å². The van der Waals surface area contributed by atoms with Crippen molar-refractivity contribution in [1.82, 2.24) is 9.88 Å². The first-order valence-electron chi connectivity index (χ1n) is 6.63. The molecule has 0 saturated heterocycles. The lowest BCUT2D eigenvalue weighted by Gasteiger charge is -2.19. The number of nitrogens with zero attached hydrogens (tertiary/aromatic N) is 2. The molecule has 1 aromatic rings. The number of carbonyl (C=O) groups is 1. The van der Waals surface area contributed by atoms with Crippen LogP contribution in [0.3, 0.4) is 0 Å². The van der Waals surface area contributed by atoms with Gasteiger partial charge in [-0.3, -0.25) is 14.9 Å². The molecule has 0 aromatic carbocycles. The first-order chi connectivity index (χ1) is 9.40. The molecule has 0 saturated carbocycles. The first kappa shape index (κ1) is 16.5. The Bertz CT molecular complexity index is 483. The van der Waals surface area contributed by atoms with E-state index in [2.05, 4.69) is 19.2 Å². The van der Waals surface area contributed by atoms with Gasteiger partial charge in [-0.25, -0.2) is 0 Å². The maximum Gasteiger partial charge on any atom is 0.287 e. The minimum absolute atomic E-state index is 0.0972. The van der Waals surface area contributed by atoms with Gasteiger partial charge in [-0.2, -0.15) is 0 Å². The van der Waals surface area contributed by atoms with Gasteiger partial charge in [-0.1, -0.05) is 26.7 Å². The second-order valence-electron chi connectivity index (χ2n) is 4.75. The Labute approximate surface area is 123 Å². The summed E-state index contributed by atoms with van der Waals surface area (Å²) in [5.74, 6) is -0.00285. The summed E-state index contributed by atoms with van der Waals surface area (Å²) in [6.07, 6.45) is 3.22. The van der Waals surface area contributed by atoms with Crippen LogP contribution in [0.25, 0.3) is 0 Å². The van der Waals surface area contributed by atoms with E-state index in [0.29, 0.717) is 12.5 Å². The van der Waals surface area contributed by atoms with Crippen LogP contribution in [0.15, 0.2) is 12.3 Å². The van der Waals surface area contributed by atoms with Crippen molar-refractivity contribution in [3.8, 4) is 0 Å². The molecular weight excluding hydrogens is 282 g/mol. The summed E-state index contributed by atoms with van der Waals surface area (Å²) in [6.45, 7) is 4.48. The molecule has 1 unspecified atom stereocenters. The summed E-state index contributed by atoms with van der Waals surface area (Å²) >= 11 is 6.24. The normalized spacial score (nSPS) is 12.4. The van der Waals surface area contributed by atoms with E-state index in [1.165, 1.54) is 16.8 Å². The zero-order chi connectivity index (χ0) is 15.3. The molecule has 0 aliphatic carbocycles. The van der Waals surface area contributed by atoms with Crippen LogP contribution < -0.4 is 5.32 Å². The monoisotopic (exact) mass is 301 g/mol. The van der Waals surface area contributed by atoms with Gasteiger partial charge in [0.25, 0.3) is 11.6 Å². The fourth-order valence-electron chi connectivity index (χ4n) is 2.12. The number of aryl methyl sites for hydroxylation is 1. The third-order valence-electron chi connectivity index (χ3n) is 3.45. The number of alkyl halides is 1. The fourth-order valence-corrected chi connectivity index (χ4v) is 2.55. The summed E-state index contributed by atoms with van der Waals surface area (Å²) in [4.78, 5) is 22.1. The molecule has 7 heteroatoms. The van der Waals surface area contributed by atoms with Crippen LogP contribution in [0.2, 0.25) is 0 Å². The highest BCUT2D eigenvalue weighted by Crippen LogP contribution is 2.18. The number of carbonyl (C=O) groups excluding carboxylic acids is 1. The zero-order valence-corrected chi connectivity index (χ0v) is 12.7. The van der Waals surface area contributed by atoms with Crippen molar-refractivity contribution < 1.29 is 9.72 Å². The predicted octanol–water partition coefficient (Wildman–Crippen LogP) is 2.71. The second-order valence-corrected chi connectivity index (χ2v) is 5.31. The SMILES string of the molecule is CCC(CC)C(Cl)CNC(=O)c1cc([N+](=O)[O-])cn1C. The van der Waals surface area contributed by atoms with Gasteiger partial charge >= 0.3 is 0 Å². The van der Waals surface area contributed by atoms with Crippen molar-refractivity contribution in [2.24, 2.45) is 13.0 Å². The number of hydrogen-bond acceptors (Lipinski definition) is 3. The van der Waals surface area contributed by atoms with E-state index in [1.54, 1.807) is 7.05 Å². The van der Waals surface area contributed by atoms with Gasteiger partial charge in [-0.05, 0) is 5.92 Å². The highest BCUT2D eigenvalue weighted by molar-refractivity contribution is 6.21. The Hall–Kier alpha value is -1.56. The molecule has 1 amide bonds. The third kappa shape index (κ3) is 3.96. The summed E-state index contributed by atoms with van der Waals surface area (Å²) in [5.41, 5.74) is 0.158. The highest BCUT2D eigenvalue weighted by Gasteiger charge is 2.20. The maximum atomic E-state index is 12.0. The Kier molecular flexibility index (Phi) is 6.01. The molecule has 1 heterocycles. The number of nitro groups is 1. The second kappa shape index (κ2) is 7.28. The molecule has 20 heavy (non-hydrogen) atoms. The maximum absolute atomic E-state index is 12.0. The smallest absolute Gasteiger partial charge is 0.287 e. The molecular formula is C13H20ClN3O3. The third-order valence-corrected chi connectivity index (χ3v) is 3.96. The van der Waals surface area contributed by atoms with Gasteiger partial charge in [0, 0.05) is 19.7 Å². The molecule has 1 atom stereocenters. The lowest BCUT2D eigenvalue weighted by molar-refractivity contribution is -0.384. The molecule has 0 bridgehead atoms. The number of aromatic nitrogens is 1. The van der Waals surface area contributed by atoms with Crippen LogP contribution >= 0.6 is 11.6 Å². The van der Waals surface area contributed by atoms with Crippen molar-refractivity contribution in [2.75, 3.05) is 6.54 Å². The van der Waals surface area contributed by atoms with Crippen molar-refractivity contribution in [3.63, 3.8) is 0 Å². The standard InChI is InChI=1S/C13H20ClN3O3/c1-4-9(5-2)11(14)7-15-13(18)12-6-10(17(19)20)8-16(12)3/h6,8-9,11H,4-5,7H2,1-3H3,(H,15,18). The van der Waals surface area contributed by atoms with Crippen molar-refractivity contribution in [2.45, 2.75) is 32.1 Å². The topological polar surface area (TPSA) is 77.2 Å². The van der Waals surface area contributed by atoms with Gasteiger partial charge in [-0.15, -0.1) is 11.6 Å². The minimum Gasteiger partial charge on any atom is -0.349 e. The minimum atomic E-state index is -0.522. The molecule has 1 N–H and O–H groups in total. The molecule has 0 aliphatic rings. The van der Waals surface area contributed by atoms with Gasteiger partial charge in [0.15, 0.2) is 0 Å². The van der Waals surface area contributed by atoms with Gasteiger partial charge in [0.05, 0.1) is 16.5 Å². The van der Waals surface area contributed by atoms with E-state index < -0.39 is 4.92 Å². The van der Waals surface area contributed by atoms with E-state index in [4.69, 9.17) is 11.6 Å². The van der Waals surface area contributed by atoms with Crippen LogP contribution in [0.4, 0.5) is 5.69 Å². The molecule has 0 spiro atoms. The van der Waals surface area contributed by atoms with E-state index in [0.717, 1.165) is 12.8 Å². The van der Waals surface area contributed by atoms with Crippen LogP contribution in [-0.2, 0) is 7.05 Å². The largest absolute Gasteiger partial charge is 0.349 e. The molecule has 6 nitrogen and oxygen atoms in total. The average molecular weight is 302 g/mol. The fraction of sp³-hybridized carbons (Fsp3) is 0.615. The van der Waals surface area contributed by atoms with Crippen molar-refractivity contribution in [3.05, 3.63) is 28.1 Å². The Morgan fingerprint density at radius 2 is 2.10 bits per heavy atom. The van der Waals surface area contributed by atoms with Crippen molar-refractivity contribution in [1.29, 1.82) is 0 Å². The molecule has 1 aromatic heterocycles. The summed E-state index contributed by atoms with van der Waals surface area (Å²) < 4.78 is 1.44. The quantitative estimate of drug-likeness (QED) is 0.478. The summed E-state index contributed by atoms with van der Waals surface area (Å²) in [5, 5.41) is 13.3. The summed E-state index contributed by atoms with van der Waals surface area (Å²) in [7, 11) is 1.60. The Balaban J connectivity index is 2.65. The van der Waals surface area contributed by atoms with Gasteiger partial charge < -0.3 is 9.88 Å². The Morgan fingerprint density at radius 3 is 2.55 bits per heavy atom. The Morgan fingerprint density at radius 1 is 1.50 bits per heavy atom. The van der Waals surface area contributed by atoms with Crippen LogP contribution in [0.1, 0.15) is 37.2 Å². The number of halogens is 1. The van der Waals surface area contributed by atoms with Crippen LogP contribution in [-0.4, -0.2) is 27.3 Å². The van der Waals surface area contributed by atoms with E-state index >= 15 is 0 Å². The molecule has 0 radical (unpaired) electrons. The summed E-state index contributed by atoms with van der Waals surface area (Å²) in [6, 6.07) is 1.26. The first-order valence-corrected chi connectivity index (χ1v) is 7.07. The molecule has 112 valence electrons. The molecule has 0 fully saturated rings. The van der Waals surface area contributed by atoms with Gasteiger partial charge in [0.2, 0.25) is 0 Å². The number of hydrogen-bond donors (Lipinski definition) is 1. The van der Waals surface area contributed by atoms with Crippen LogP contribution in [0.5, 0.6) is 0 Å². The van der Waals surface area contributed by atoms with E-state index in [1.807, 2.05) is 0 Å². The number of nitrogens with one attached hydrogen (secondary N) is 1. The van der Waals surface area contributed by atoms with Gasteiger partial charge in [0.1, 0.15) is 5.69 Å². The average Bonchev–Trinajstić information content (AvgIpc) is 2.80. The predicted molar refractivity (Wildman–Crippen MR) is 78.1 cm³/mol. The molecule has 1 rings (SSSR count).